The molecular formula is C15H19Cl2N3. The lowest BCUT2D eigenvalue weighted by Gasteiger charge is -2.10. The largest absolute Gasteiger partial charge is 0.378 e. The van der Waals surface area contributed by atoms with E-state index in [-0.39, 0.29) is 0 Å². The van der Waals surface area contributed by atoms with E-state index in [0.29, 0.717) is 6.54 Å². The van der Waals surface area contributed by atoms with Gasteiger partial charge >= 0.3 is 0 Å². The van der Waals surface area contributed by atoms with E-state index in [1.165, 1.54) is 0 Å². The van der Waals surface area contributed by atoms with Gasteiger partial charge in [-0.05, 0) is 38.0 Å². The maximum absolute atomic E-state index is 6.38. The topological polar surface area (TPSA) is 29.9 Å². The fraction of sp³-hybridized carbons (Fsp3) is 0.400. The molecule has 0 saturated carbocycles. The molecule has 0 fully saturated rings. The van der Waals surface area contributed by atoms with Gasteiger partial charge in [0.05, 0.1) is 33.7 Å². The summed E-state index contributed by atoms with van der Waals surface area (Å²) in [7, 11) is 0. The molecule has 0 spiro atoms. The number of benzene rings is 1. The molecule has 0 unspecified atom stereocenters. The Kier molecular flexibility index (Phi) is 4.95. The molecule has 0 atom stereocenters. The first-order valence-corrected chi connectivity index (χ1v) is 7.56. The first-order chi connectivity index (χ1) is 9.56. The van der Waals surface area contributed by atoms with Crippen LogP contribution in [-0.4, -0.2) is 9.78 Å². The second-order valence-corrected chi connectivity index (χ2v) is 5.50. The third kappa shape index (κ3) is 3.10. The summed E-state index contributed by atoms with van der Waals surface area (Å²) in [6, 6.07) is 5.96. The van der Waals surface area contributed by atoms with E-state index in [1.807, 2.05) is 29.8 Å². The lowest BCUT2D eigenvalue weighted by molar-refractivity contribution is 0.619. The van der Waals surface area contributed by atoms with Crippen molar-refractivity contribution < 1.29 is 0 Å². The van der Waals surface area contributed by atoms with Crippen LogP contribution in [0.1, 0.15) is 30.8 Å². The molecular weight excluding hydrogens is 293 g/mol. The molecule has 0 bridgehead atoms. The number of nitrogens with one attached hydrogen (secondary N) is 1. The van der Waals surface area contributed by atoms with Gasteiger partial charge in [-0.3, -0.25) is 4.68 Å². The van der Waals surface area contributed by atoms with Crippen LogP contribution in [0.15, 0.2) is 18.2 Å². The van der Waals surface area contributed by atoms with E-state index in [2.05, 4.69) is 24.3 Å². The van der Waals surface area contributed by atoms with Gasteiger partial charge in [0.25, 0.3) is 0 Å². The van der Waals surface area contributed by atoms with Crippen LogP contribution in [-0.2, 0) is 19.5 Å². The number of hydrogen-bond donors (Lipinski definition) is 1. The SMILES string of the molecule is CCc1nn(CC)c(CNc2ccc(C)cc2Cl)c1Cl. The van der Waals surface area contributed by atoms with E-state index in [1.54, 1.807) is 0 Å². The van der Waals surface area contributed by atoms with Gasteiger partial charge < -0.3 is 5.32 Å². The fourth-order valence-corrected chi connectivity index (χ4v) is 2.77. The van der Waals surface area contributed by atoms with Crippen LogP contribution in [0.25, 0.3) is 0 Å². The molecule has 1 N–H and O–H groups in total. The van der Waals surface area contributed by atoms with Crippen molar-refractivity contribution in [2.45, 2.75) is 40.3 Å². The van der Waals surface area contributed by atoms with Crippen molar-refractivity contribution in [2.75, 3.05) is 5.32 Å². The summed E-state index contributed by atoms with van der Waals surface area (Å²) in [4.78, 5) is 0. The highest BCUT2D eigenvalue weighted by Crippen LogP contribution is 2.26. The number of aromatic nitrogens is 2. The molecule has 0 aliphatic heterocycles. The number of anilines is 1. The van der Waals surface area contributed by atoms with Crippen molar-refractivity contribution in [3.63, 3.8) is 0 Å². The summed E-state index contributed by atoms with van der Waals surface area (Å²) in [5, 5.41) is 9.32. The zero-order valence-corrected chi connectivity index (χ0v) is 13.5. The second-order valence-electron chi connectivity index (χ2n) is 4.71. The molecule has 2 rings (SSSR count). The number of aryl methyl sites for hydroxylation is 3. The van der Waals surface area contributed by atoms with Gasteiger partial charge in [-0.15, -0.1) is 0 Å². The number of hydrogen-bond acceptors (Lipinski definition) is 2. The van der Waals surface area contributed by atoms with Gasteiger partial charge in [0, 0.05) is 6.54 Å². The quantitative estimate of drug-likeness (QED) is 0.868. The van der Waals surface area contributed by atoms with Crippen molar-refractivity contribution in [3.8, 4) is 0 Å². The van der Waals surface area contributed by atoms with Crippen molar-refractivity contribution >= 4 is 28.9 Å². The third-order valence-corrected chi connectivity index (χ3v) is 4.01. The lowest BCUT2D eigenvalue weighted by atomic mass is 10.2. The van der Waals surface area contributed by atoms with E-state index in [0.717, 1.165) is 45.6 Å². The average Bonchev–Trinajstić information content (AvgIpc) is 2.74. The zero-order valence-electron chi connectivity index (χ0n) is 12.0. The van der Waals surface area contributed by atoms with Crippen molar-refractivity contribution in [1.29, 1.82) is 0 Å². The van der Waals surface area contributed by atoms with Crippen molar-refractivity contribution in [2.24, 2.45) is 0 Å². The Morgan fingerprint density at radius 3 is 2.60 bits per heavy atom. The van der Waals surface area contributed by atoms with E-state index < -0.39 is 0 Å². The van der Waals surface area contributed by atoms with Crippen LogP contribution in [0.2, 0.25) is 10.0 Å². The third-order valence-electron chi connectivity index (χ3n) is 3.27. The van der Waals surface area contributed by atoms with E-state index in [9.17, 15) is 0 Å². The first-order valence-electron chi connectivity index (χ1n) is 6.80. The van der Waals surface area contributed by atoms with Gasteiger partial charge in [0.1, 0.15) is 0 Å². The number of halogens is 2. The molecule has 0 aliphatic carbocycles. The molecule has 0 saturated heterocycles. The number of nitrogens with zero attached hydrogens (tertiary/aromatic N) is 2. The normalized spacial score (nSPS) is 10.8. The molecule has 5 heteroatoms. The smallest absolute Gasteiger partial charge is 0.0868 e. The van der Waals surface area contributed by atoms with Crippen LogP contribution < -0.4 is 5.32 Å². The van der Waals surface area contributed by atoms with Gasteiger partial charge in [-0.1, -0.05) is 36.2 Å². The minimum Gasteiger partial charge on any atom is -0.378 e. The zero-order chi connectivity index (χ0) is 14.7. The molecule has 0 radical (unpaired) electrons. The predicted molar refractivity (Wildman–Crippen MR) is 85.8 cm³/mol. The average molecular weight is 312 g/mol. The predicted octanol–water partition coefficient (Wildman–Crippen LogP) is 4.69. The monoisotopic (exact) mass is 311 g/mol. The standard InChI is InChI=1S/C15H19Cl2N3/c1-4-12-15(17)14(20(5-2)19-12)9-18-13-7-6-10(3)8-11(13)16/h6-8,18H,4-5,9H2,1-3H3. The summed E-state index contributed by atoms with van der Waals surface area (Å²) >= 11 is 12.6. The maximum atomic E-state index is 6.38. The molecule has 0 amide bonds. The summed E-state index contributed by atoms with van der Waals surface area (Å²) in [5.74, 6) is 0. The minimum absolute atomic E-state index is 0.614. The fourth-order valence-electron chi connectivity index (χ4n) is 2.13. The van der Waals surface area contributed by atoms with Crippen LogP contribution in [0, 0.1) is 6.92 Å². The summed E-state index contributed by atoms with van der Waals surface area (Å²) in [5.41, 5.74) is 4.00. The molecule has 2 aromatic rings. The summed E-state index contributed by atoms with van der Waals surface area (Å²) in [6.07, 6.45) is 0.837. The van der Waals surface area contributed by atoms with Gasteiger partial charge in [-0.2, -0.15) is 5.10 Å². The minimum atomic E-state index is 0.614. The van der Waals surface area contributed by atoms with E-state index >= 15 is 0 Å². The maximum Gasteiger partial charge on any atom is 0.0868 e. The first kappa shape index (κ1) is 15.2. The Bertz CT molecular complexity index is 605. The molecule has 1 aromatic heterocycles. The molecule has 3 nitrogen and oxygen atoms in total. The Hall–Kier alpha value is -1.19. The molecule has 108 valence electrons. The second kappa shape index (κ2) is 6.51. The van der Waals surface area contributed by atoms with Crippen LogP contribution in [0.4, 0.5) is 5.69 Å². The number of rotatable bonds is 5. The summed E-state index contributed by atoms with van der Waals surface area (Å²) in [6.45, 7) is 7.56. The van der Waals surface area contributed by atoms with Gasteiger partial charge in [0.2, 0.25) is 0 Å². The van der Waals surface area contributed by atoms with Crippen LogP contribution in [0.5, 0.6) is 0 Å². The highest BCUT2D eigenvalue weighted by molar-refractivity contribution is 6.33. The van der Waals surface area contributed by atoms with Crippen molar-refractivity contribution in [3.05, 3.63) is 45.2 Å². The Balaban J connectivity index is 2.20. The lowest BCUT2D eigenvalue weighted by Crippen LogP contribution is -2.08. The Morgan fingerprint density at radius 1 is 1.25 bits per heavy atom. The Labute approximate surface area is 129 Å². The molecule has 0 aliphatic rings. The Morgan fingerprint density at radius 2 is 2.00 bits per heavy atom. The molecule has 20 heavy (non-hydrogen) atoms. The van der Waals surface area contributed by atoms with Gasteiger partial charge in [0.15, 0.2) is 0 Å². The van der Waals surface area contributed by atoms with Gasteiger partial charge in [-0.25, -0.2) is 0 Å². The van der Waals surface area contributed by atoms with E-state index in [4.69, 9.17) is 23.2 Å². The highest BCUT2D eigenvalue weighted by atomic mass is 35.5. The summed E-state index contributed by atoms with van der Waals surface area (Å²) < 4.78 is 1.94. The molecule has 1 heterocycles. The van der Waals surface area contributed by atoms with Crippen LogP contribution >= 0.6 is 23.2 Å². The van der Waals surface area contributed by atoms with Crippen molar-refractivity contribution in [1.82, 2.24) is 9.78 Å². The molecule has 1 aromatic carbocycles. The van der Waals surface area contributed by atoms with Crippen LogP contribution in [0.3, 0.4) is 0 Å². The highest BCUT2D eigenvalue weighted by Gasteiger charge is 2.14.